The van der Waals surface area contributed by atoms with Crippen LogP contribution in [-0.2, 0) is 4.74 Å². The Kier molecular flexibility index (Phi) is 6.19. The van der Waals surface area contributed by atoms with Crippen molar-refractivity contribution >= 4 is 23.3 Å². The maximum absolute atomic E-state index is 13.1. The van der Waals surface area contributed by atoms with Crippen molar-refractivity contribution < 1.29 is 14.3 Å². The smallest absolute Gasteiger partial charge is 0.410 e. The largest absolute Gasteiger partial charge is 0.446 e. The second kappa shape index (κ2) is 8.80. The van der Waals surface area contributed by atoms with Gasteiger partial charge in [-0.3, -0.25) is 4.79 Å². The lowest BCUT2D eigenvalue weighted by atomic mass is 9.83. The van der Waals surface area contributed by atoms with E-state index < -0.39 is 0 Å². The lowest BCUT2D eigenvalue weighted by molar-refractivity contribution is 0.0303. The summed E-state index contributed by atoms with van der Waals surface area (Å²) in [5, 5.41) is 0. The number of aryl methyl sites for hydroxylation is 1. The van der Waals surface area contributed by atoms with E-state index in [9.17, 15) is 9.59 Å². The first-order chi connectivity index (χ1) is 13.6. The number of carbonyl (C=O) groups is 2. The summed E-state index contributed by atoms with van der Waals surface area (Å²) in [4.78, 5) is 34.6. The van der Waals surface area contributed by atoms with E-state index in [1.807, 2.05) is 11.8 Å². The average Bonchev–Trinajstić information content (AvgIpc) is 3.39. The van der Waals surface area contributed by atoms with E-state index in [0.717, 1.165) is 68.7 Å². The molecule has 1 aromatic heterocycles. The Hall–Kier alpha value is -1.63. The summed E-state index contributed by atoms with van der Waals surface area (Å²) in [5.74, 6) is 0.612. The highest BCUT2D eigenvalue weighted by atomic mass is 32.1. The highest BCUT2D eigenvalue weighted by molar-refractivity contribution is 7.11. The van der Waals surface area contributed by atoms with Crippen molar-refractivity contribution in [1.82, 2.24) is 14.8 Å². The number of rotatable bonds is 3. The van der Waals surface area contributed by atoms with Crippen LogP contribution in [0.15, 0.2) is 5.51 Å². The summed E-state index contributed by atoms with van der Waals surface area (Å²) < 4.78 is 5.67. The van der Waals surface area contributed by atoms with Crippen LogP contribution in [-0.4, -0.2) is 58.6 Å². The van der Waals surface area contributed by atoms with Crippen LogP contribution in [0, 0.1) is 12.8 Å². The number of carbonyl (C=O) groups excluding carboxylic acids is 2. The first-order valence-electron chi connectivity index (χ1n) is 10.8. The number of ether oxygens (including phenoxy) is 1. The van der Waals surface area contributed by atoms with Crippen molar-refractivity contribution in [2.24, 2.45) is 5.92 Å². The second-order valence-electron chi connectivity index (χ2n) is 8.44. The molecule has 0 N–H and O–H groups in total. The minimum absolute atomic E-state index is 0.124. The SMILES string of the molecule is Cc1ncsc1C(=O)N1CCCCC1C1CCN(C(=O)OC2CCCC2)CC1. The van der Waals surface area contributed by atoms with Gasteiger partial charge in [0.15, 0.2) is 0 Å². The fourth-order valence-corrected chi connectivity index (χ4v) is 5.78. The van der Waals surface area contributed by atoms with Crippen LogP contribution in [0.2, 0.25) is 0 Å². The van der Waals surface area contributed by atoms with Crippen LogP contribution < -0.4 is 0 Å². The van der Waals surface area contributed by atoms with Gasteiger partial charge in [0, 0.05) is 25.7 Å². The minimum atomic E-state index is -0.137. The highest BCUT2D eigenvalue weighted by Crippen LogP contribution is 2.33. The third-order valence-electron chi connectivity index (χ3n) is 6.66. The number of hydrogen-bond donors (Lipinski definition) is 0. The third-order valence-corrected chi connectivity index (χ3v) is 7.58. The molecule has 3 fully saturated rings. The fraction of sp³-hybridized carbons (Fsp3) is 0.762. The summed E-state index contributed by atoms with van der Waals surface area (Å²) in [6.45, 7) is 4.24. The van der Waals surface area contributed by atoms with Crippen LogP contribution in [0.25, 0.3) is 0 Å². The van der Waals surface area contributed by atoms with Gasteiger partial charge in [0.05, 0.1) is 11.2 Å². The fourth-order valence-electron chi connectivity index (χ4n) is 5.03. The molecule has 28 heavy (non-hydrogen) atoms. The van der Waals surface area contributed by atoms with Gasteiger partial charge in [-0.25, -0.2) is 9.78 Å². The molecule has 7 heteroatoms. The number of nitrogens with zero attached hydrogens (tertiary/aromatic N) is 3. The molecule has 2 saturated heterocycles. The Labute approximate surface area is 171 Å². The summed E-state index contributed by atoms with van der Waals surface area (Å²) >= 11 is 1.45. The van der Waals surface area contributed by atoms with E-state index in [0.29, 0.717) is 5.92 Å². The van der Waals surface area contributed by atoms with Gasteiger partial charge in [-0.1, -0.05) is 0 Å². The van der Waals surface area contributed by atoms with E-state index in [-0.39, 0.29) is 24.1 Å². The zero-order chi connectivity index (χ0) is 19.5. The maximum Gasteiger partial charge on any atom is 0.410 e. The van der Waals surface area contributed by atoms with Crippen LogP contribution in [0.5, 0.6) is 0 Å². The Morgan fingerprint density at radius 2 is 1.75 bits per heavy atom. The van der Waals surface area contributed by atoms with E-state index in [2.05, 4.69) is 9.88 Å². The molecule has 4 rings (SSSR count). The second-order valence-corrected chi connectivity index (χ2v) is 9.30. The number of hydrogen-bond acceptors (Lipinski definition) is 5. The van der Waals surface area contributed by atoms with Gasteiger partial charge >= 0.3 is 6.09 Å². The molecule has 6 nitrogen and oxygen atoms in total. The minimum Gasteiger partial charge on any atom is -0.446 e. The van der Waals surface area contributed by atoms with E-state index in [1.54, 1.807) is 5.51 Å². The van der Waals surface area contributed by atoms with Gasteiger partial charge in [-0.2, -0.15) is 0 Å². The first-order valence-corrected chi connectivity index (χ1v) is 11.7. The number of likely N-dealkylation sites (tertiary alicyclic amines) is 2. The molecule has 1 saturated carbocycles. The van der Waals surface area contributed by atoms with Gasteiger partial charge < -0.3 is 14.5 Å². The Morgan fingerprint density at radius 3 is 2.43 bits per heavy atom. The molecule has 0 bridgehead atoms. The number of thiazole rings is 1. The molecular weight excluding hydrogens is 374 g/mol. The van der Waals surface area contributed by atoms with E-state index >= 15 is 0 Å². The number of amides is 2. The molecule has 1 unspecified atom stereocenters. The summed E-state index contributed by atoms with van der Waals surface area (Å²) in [6.07, 6.45) is 9.59. The predicted octanol–water partition coefficient (Wildman–Crippen LogP) is 4.24. The van der Waals surface area contributed by atoms with Crippen molar-refractivity contribution in [3.63, 3.8) is 0 Å². The molecule has 0 radical (unpaired) electrons. The molecule has 1 atom stereocenters. The van der Waals surface area contributed by atoms with Crippen LogP contribution in [0.4, 0.5) is 4.79 Å². The molecule has 0 aromatic carbocycles. The van der Waals surface area contributed by atoms with Crippen molar-refractivity contribution in [2.75, 3.05) is 19.6 Å². The molecule has 0 spiro atoms. The molecule has 1 aromatic rings. The summed E-state index contributed by atoms with van der Waals surface area (Å²) in [5.41, 5.74) is 2.60. The molecule has 2 amide bonds. The molecule has 154 valence electrons. The summed E-state index contributed by atoms with van der Waals surface area (Å²) in [7, 11) is 0. The average molecular weight is 406 g/mol. The third kappa shape index (κ3) is 4.19. The van der Waals surface area contributed by atoms with Gasteiger partial charge in [0.1, 0.15) is 11.0 Å². The zero-order valence-corrected chi connectivity index (χ0v) is 17.6. The van der Waals surface area contributed by atoms with Gasteiger partial charge in [0.25, 0.3) is 5.91 Å². The van der Waals surface area contributed by atoms with Crippen LogP contribution in [0.3, 0.4) is 0 Å². The Balaban J connectivity index is 1.35. The zero-order valence-electron chi connectivity index (χ0n) is 16.8. The van der Waals surface area contributed by atoms with Gasteiger partial charge in [-0.15, -0.1) is 11.3 Å². The van der Waals surface area contributed by atoms with Crippen molar-refractivity contribution in [3.8, 4) is 0 Å². The monoisotopic (exact) mass is 405 g/mol. The van der Waals surface area contributed by atoms with Gasteiger partial charge in [0.2, 0.25) is 0 Å². The van der Waals surface area contributed by atoms with E-state index in [1.165, 1.54) is 30.6 Å². The maximum atomic E-state index is 13.1. The molecule has 2 aliphatic heterocycles. The lowest BCUT2D eigenvalue weighted by Gasteiger charge is -2.43. The van der Waals surface area contributed by atoms with Crippen molar-refractivity contribution in [1.29, 1.82) is 0 Å². The highest BCUT2D eigenvalue weighted by Gasteiger charge is 2.37. The quantitative estimate of drug-likeness (QED) is 0.755. The van der Waals surface area contributed by atoms with Crippen molar-refractivity contribution in [3.05, 3.63) is 16.1 Å². The molecular formula is C21H31N3O3S. The Morgan fingerprint density at radius 1 is 1.04 bits per heavy atom. The molecule has 3 aliphatic rings. The first kappa shape index (κ1) is 19.7. The lowest BCUT2D eigenvalue weighted by Crippen LogP contribution is -2.51. The topological polar surface area (TPSA) is 62.7 Å². The number of piperidine rings is 2. The van der Waals surface area contributed by atoms with E-state index in [4.69, 9.17) is 4.74 Å². The van der Waals surface area contributed by atoms with Crippen molar-refractivity contribution in [2.45, 2.75) is 76.9 Å². The van der Waals surface area contributed by atoms with Crippen LogP contribution >= 0.6 is 11.3 Å². The molecule has 3 heterocycles. The Bertz CT molecular complexity index is 693. The summed E-state index contributed by atoms with van der Waals surface area (Å²) in [6, 6.07) is 0.288. The normalized spacial score (nSPS) is 24.5. The predicted molar refractivity (Wildman–Crippen MR) is 109 cm³/mol. The molecule has 1 aliphatic carbocycles. The van der Waals surface area contributed by atoms with Gasteiger partial charge in [-0.05, 0) is 70.6 Å². The number of aromatic nitrogens is 1. The standard InChI is InChI=1S/C21H31N3O3S/c1-15-19(28-14-22-15)20(25)24-11-5-4-8-18(24)16-9-12-23(13-10-16)21(26)27-17-6-2-3-7-17/h14,16-18H,2-13H2,1H3. The van der Waals surface area contributed by atoms with Crippen LogP contribution in [0.1, 0.15) is 73.2 Å².